The first-order valence-corrected chi connectivity index (χ1v) is 4.29. The lowest BCUT2D eigenvalue weighted by Crippen LogP contribution is -2.22. The molecule has 0 bridgehead atoms. The molecule has 1 N–H and O–H groups in total. The molecule has 3 heteroatoms. The van der Waals surface area contributed by atoms with Crippen molar-refractivity contribution < 1.29 is 4.74 Å². The van der Waals surface area contributed by atoms with E-state index in [-0.39, 0.29) is 18.6 Å². The SMILES string of the molecule is CC1COC(c2ccccc2)N1.Cl. The van der Waals surface area contributed by atoms with E-state index in [1.165, 1.54) is 5.56 Å². The van der Waals surface area contributed by atoms with Gasteiger partial charge in [-0.2, -0.15) is 0 Å². The Morgan fingerprint density at radius 1 is 1.31 bits per heavy atom. The van der Waals surface area contributed by atoms with Crippen LogP contribution in [0.1, 0.15) is 18.7 Å². The van der Waals surface area contributed by atoms with Crippen molar-refractivity contribution in [3.8, 4) is 0 Å². The minimum atomic E-state index is 0. The molecule has 2 rings (SSSR count). The lowest BCUT2D eigenvalue weighted by molar-refractivity contribution is 0.101. The molecular formula is C10H14ClNO. The normalized spacial score (nSPS) is 26.8. The Labute approximate surface area is 84.7 Å². The molecule has 1 saturated heterocycles. The van der Waals surface area contributed by atoms with E-state index in [1.807, 2.05) is 18.2 Å². The first-order chi connectivity index (χ1) is 5.86. The highest BCUT2D eigenvalue weighted by molar-refractivity contribution is 5.85. The molecule has 0 saturated carbocycles. The van der Waals surface area contributed by atoms with Gasteiger partial charge in [0.2, 0.25) is 0 Å². The maximum Gasteiger partial charge on any atom is 0.134 e. The van der Waals surface area contributed by atoms with E-state index in [2.05, 4.69) is 24.4 Å². The van der Waals surface area contributed by atoms with E-state index < -0.39 is 0 Å². The fourth-order valence-corrected chi connectivity index (χ4v) is 1.42. The lowest BCUT2D eigenvalue weighted by Gasteiger charge is -2.09. The molecule has 1 fully saturated rings. The molecule has 0 aliphatic carbocycles. The van der Waals surface area contributed by atoms with Crippen molar-refractivity contribution in [1.82, 2.24) is 5.32 Å². The van der Waals surface area contributed by atoms with Crippen LogP contribution in [-0.4, -0.2) is 12.6 Å². The predicted molar refractivity (Wildman–Crippen MR) is 55.0 cm³/mol. The first-order valence-electron chi connectivity index (χ1n) is 4.29. The Kier molecular flexibility index (Phi) is 3.72. The second-order valence-electron chi connectivity index (χ2n) is 3.19. The average molecular weight is 200 g/mol. The number of ether oxygens (including phenoxy) is 1. The van der Waals surface area contributed by atoms with Crippen molar-refractivity contribution in [2.45, 2.75) is 19.2 Å². The topological polar surface area (TPSA) is 21.3 Å². The van der Waals surface area contributed by atoms with Crippen LogP contribution in [0.2, 0.25) is 0 Å². The Morgan fingerprint density at radius 2 is 2.00 bits per heavy atom. The van der Waals surface area contributed by atoms with Gasteiger partial charge in [0.25, 0.3) is 0 Å². The molecule has 1 aliphatic heterocycles. The molecule has 2 unspecified atom stereocenters. The molecule has 0 aromatic heterocycles. The molecule has 2 nitrogen and oxygen atoms in total. The van der Waals surface area contributed by atoms with Gasteiger partial charge in [0.1, 0.15) is 6.23 Å². The summed E-state index contributed by atoms with van der Waals surface area (Å²) in [5, 5.41) is 3.35. The molecular weight excluding hydrogens is 186 g/mol. The molecule has 72 valence electrons. The summed E-state index contributed by atoms with van der Waals surface area (Å²) >= 11 is 0. The van der Waals surface area contributed by atoms with Crippen LogP contribution < -0.4 is 5.32 Å². The summed E-state index contributed by atoms with van der Waals surface area (Å²) in [6, 6.07) is 10.7. The van der Waals surface area contributed by atoms with Gasteiger partial charge in [0, 0.05) is 6.04 Å². The Bertz CT molecular complexity index is 252. The molecule has 0 radical (unpaired) electrons. The summed E-state index contributed by atoms with van der Waals surface area (Å²) in [7, 11) is 0. The second kappa shape index (κ2) is 4.61. The number of halogens is 1. The zero-order valence-electron chi connectivity index (χ0n) is 7.57. The summed E-state index contributed by atoms with van der Waals surface area (Å²) < 4.78 is 5.54. The Balaban J connectivity index is 0.000000845. The van der Waals surface area contributed by atoms with Crippen molar-refractivity contribution in [3.05, 3.63) is 35.9 Å². The summed E-state index contributed by atoms with van der Waals surface area (Å²) in [5.41, 5.74) is 1.21. The molecule has 13 heavy (non-hydrogen) atoms. The maximum absolute atomic E-state index is 5.54. The lowest BCUT2D eigenvalue weighted by atomic mass is 10.2. The van der Waals surface area contributed by atoms with Gasteiger partial charge in [-0.1, -0.05) is 30.3 Å². The molecule has 2 atom stereocenters. The van der Waals surface area contributed by atoms with E-state index in [9.17, 15) is 0 Å². The number of hydrogen-bond donors (Lipinski definition) is 1. The average Bonchev–Trinajstić information content (AvgIpc) is 2.54. The smallest absolute Gasteiger partial charge is 0.134 e. The third-order valence-electron chi connectivity index (χ3n) is 2.05. The number of benzene rings is 1. The van der Waals surface area contributed by atoms with Gasteiger partial charge in [0.05, 0.1) is 6.61 Å². The van der Waals surface area contributed by atoms with Crippen LogP contribution in [0.3, 0.4) is 0 Å². The van der Waals surface area contributed by atoms with Crippen LogP contribution in [0.5, 0.6) is 0 Å². The van der Waals surface area contributed by atoms with Crippen molar-refractivity contribution in [2.24, 2.45) is 0 Å². The van der Waals surface area contributed by atoms with E-state index in [4.69, 9.17) is 4.74 Å². The molecule has 1 heterocycles. The highest BCUT2D eigenvalue weighted by atomic mass is 35.5. The maximum atomic E-state index is 5.54. The van der Waals surface area contributed by atoms with Crippen molar-refractivity contribution in [3.63, 3.8) is 0 Å². The van der Waals surface area contributed by atoms with E-state index in [0.717, 1.165) is 6.61 Å². The zero-order valence-corrected chi connectivity index (χ0v) is 8.38. The minimum Gasteiger partial charge on any atom is -0.357 e. The molecule has 1 aliphatic rings. The van der Waals surface area contributed by atoms with Crippen LogP contribution >= 0.6 is 12.4 Å². The first kappa shape index (κ1) is 10.5. The van der Waals surface area contributed by atoms with Gasteiger partial charge >= 0.3 is 0 Å². The molecule has 1 aromatic carbocycles. The van der Waals surface area contributed by atoms with Gasteiger partial charge in [-0.3, -0.25) is 5.32 Å². The highest BCUT2D eigenvalue weighted by Gasteiger charge is 2.21. The van der Waals surface area contributed by atoms with Crippen LogP contribution in [0.25, 0.3) is 0 Å². The number of hydrogen-bond acceptors (Lipinski definition) is 2. The largest absolute Gasteiger partial charge is 0.357 e. The Hall–Kier alpha value is -0.570. The molecule has 0 spiro atoms. The van der Waals surface area contributed by atoms with Crippen molar-refractivity contribution >= 4 is 12.4 Å². The monoisotopic (exact) mass is 199 g/mol. The predicted octanol–water partition coefficient (Wildman–Crippen LogP) is 2.12. The van der Waals surface area contributed by atoms with E-state index >= 15 is 0 Å². The standard InChI is InChI=1S/C10H13NO.ClH/c1-8-7-12-10(11-8)9-5-3-2-4-6-9;/h2-6,8,10-11H,7H2,1H3;1H. The van der Waals surface area contributed by atoms with Gasteiger partial charge in [-0.05, 0) is 12.5 Å². The number of rotatable bonds is 1. The molecule has 1 aromatic rings. The fourth-order valence-electron chi connectivity index (χ4n) is 1.42. The molecule has 0 amide bonds. The van der Waals surface area contributed by atoms with Crippen molar-refractivity contribution in [2.75, 3.05) is 6.61 Å². The van der Waals surface area contributed by atoms with Crippen LogP contribution in [0.15, 0.2) is 30.3 Å². The van der Waals surface area contributed by atoms with Gasteiger partial charge in [-0.15, -0.1) is 12.4 Å². The van der Waals surface area contributed by atoms with Gasteiger partial charge < -0.3 is 4.74 Å². The third-order valence-corrected chi connectivity index (χ3v) is 2.05. The zero-order chi connectivity index (χ0) is 8.39. The summed E-state index contributed by atoms with van der Waals surface area (Å²) in [6.07, 6.45) is 0.0983. The van der Waals surface area contributed by atoms with E-state index in [1.54, 1.807) is 0 Å². The number of nitrogens with one attached hydrogen (secondary N) is 1. The third kappa shape index (κ3) is 2.44. The van der Waals surface area contributed by atoms with Crippen LogP contribution in [0.4, 0.5) is 0 Å². The quantitative estimate of drug-likeness (QED) is 0.748. The van der Waals surface area contributed by atoms with E-state index in [0.29, 0.717) is 6.04 Å². The van der Waals surface area contributed by atoms with Crippen LogP contribution in [0, 0.1) is 0 Å². The highest BCUT2D eigenvalue weighted by Crippen LogP contribution is 2.19. The minimum absolute atomic E-state index is 0. The Morgan fingerprint density at radius 3 is 2.54 bits per heavy atom. The second-order valence-corrected chi connectivity index (χ2v) is 3.19. The summed E-state index contributed by atoms with van der Waals surface area (Å²) in [5.74, 6) is 0. The summed E-state index contributed by atoms with van der Waals surface area (Å²) in [6.45, 7) is 2.93. The fraction of sp³-hybridized carbons (Fsp3) is 0.400. The summed E-state index contributed by atoms with van der Waals surface area (Å²) in [4.78, 5) is 0. The van der Waals surface area contributed by atoms with Crippen molar-refractivity contribution in [1.29, 1.82) is 0 Å². The van der Waals surface area contributed by atoms with Gasteiger partial charge in [-0.25, -0.2) is 0 Å². The van der Waals surface area contributed by atoms with Crippen LogP contribution in [-0.2, 0) is 4.74 Å². The van der Waals surface area contributed by atoms with Gasteiger partial charge in [0.15, 0.2) is 0 Å².